The van der Waals surface area contributed by atoms with Crippen LogP contribution in [0.25, 0.3) is 0 Å². The lowest BCUT2D eigenvalue weighted by molar-refractivity contribution is -0.150. The van der Waals surface area contributed by atoms with Crippen molar-refractivity contribution in [3.8, 4) is 0 Å². The van der Waals surface area contributed by atoms with Gasteiger partial charge in [0.25, 0.3) is 5.91 Å². The molecule has 6 heteroatoms. The van der Waals surface area contributed by atoms with E-state index in [9.17, 15) is 9.59 Å². The summed E-state index contributed by atoms with van der Waals surface area (Å²) in [5.41, 5.74) is 0. The molecule has 6 nitrogen and oxygen atoms in total. The van der Waals surface area contributed by atoms with Gasteiger partial charge in [-0.05, 0) is 38.6 Å². The zero-order valence-corrected chi connectivity index (χ0v) is 15.1. The third-order valence-electron chi connectivity index (χ3n) is 5.34. The molecule has 0 aromatic carbocycles. The summed E-state index contributed by atoms with van der Waals surface area (Å²) in [7, 11) is 0. The summed E-state index contributed by atoms with van der Waals surface area (Å²) in [5.74, 6) is -0.671. The number of nitrogens with zero attached hydrogens (tertiary/aromatic N) is 2. The molecule has 2 rings (SSSR count). The van der Waals surface area contributed by atoms with Gasteiger partial charge in [0.1, 0.15) is 6.10 Å². The van der Waals surface area contributed by atoms with Crippen LogP contribution in [0, 0.1) is 0 Å². The molecule has 1 N–H and O–H groups in total. The molecule has 1 saturated carbocycles. The molecule has 24 heavy (non-hydrogen) atoms. The minimum atomic E-state index is -0.786. The Morgan fingerprint density at radius 3 is 2.29 bits per heavy atom. The van der Waals surface area contributed by atoms with E-state index in [4.69, 9.17) is 9.84 Å². The van der Waals surface area contributed by atoms with Gasteiger partial charge >= 0.3 is 5.97 Å². The van der Waals surface area contributed by atoms with Gasteiger partial charge in [0.15, 0.2) is 0 Å². The summed E-state index contributed by atoms with van der Waals surface area (Å²) in [4.78, 5) is 27.6. The number of amides is 1. The Labute approximate surface area is 145 Å². The van der Waals surface area contributed by atoms with Crippen LogP contribution in [0.4, 0.5) is 0 Å². The second-order valence-corrected chi connectivity index (χ2v) is 6.95. The lowest BCUT2D eigenvalue weighted by Gasteiger charge is -2.38. The molecule has 2 aliphatic rings. The van der Waals surface area contributed by atoms with Crippen molar-refractivity contribution in [2.24, 2.45) is 0 Å². The number of ether oxygens (including phenoxy) is 1. The van der Waals surface area contributed by atoms with E-state index in [2.05, 4.69) is 0 Å². The summed E-state index contributed by atoms with van der Waals surface area (Å²) in [6.07, 6.45) is 6.90. The number of carboxylic acids is 1. The Hall–Kier alpha value is -1.14. The first kappa shape index (κ1) is 19.2. The van der Waals surface area contributed by atoms with Crippen molar-refractivity contribution in [2.75, 3.05) is 26.2 Å². The Balaban J connectivity index is 1.83. The monoisotopic (exact) mass is 340 g/mol. The number of piperidine rings is 1. The molecule has 1 heterocycles. The topological polar surface area (TPSA) is 70.1 Å². The maximum Gasteiger partial charge on any atom is 0.317 e. The summed E-state index contributed by atoms with van der Waals surface area (Å²) < 4.78 is 6.04. The SMILES string of the molecule is CCC(OC1CCCC1)C(=O)N1CCC(N(CC)CC(=O)O)CC1. The first-order valence-corrected chi connectivity index (χ1v) is 9.45. The average Bonchev–Trinajstić information content (AvgIpc) is 3.10. The number of aliphatic carboxylic acids is 1. The second-order valence-electron chi connectivity index (χ2n) is 6.95. The predicted molar refractivity (Wildman–Crippen MR) is 91.9 cm³/mol. The molecule has 1 amide bonds. The summed E-state index contributed by atoms with van der Waals surface area (Å²) >= 11 is 0. The van der Waals surface area contributed by atoms with Gasteiger partial charge in [-0.3, -0.25) is 14.5 Å². The lowest BCUT2D eigenvalue weighted by atomic mass is 10.0. The van der Waals surface area contributed by atoms with Crippen molar-refractivity contribution in [3.63, 3.8) is 0 Å². The van der Waals surface area contributed by atoms with E-state index >= 15 is 0 Å². The van der Waals surface area contributed by atoms with Gasteiger partial charge in [-0.1, -0.05) is 26.7 Å². The van der Waals surface area contributed by atoms with E-state index < -0.39 is 5.97 Å². The van der Waals surface area contributed by atoms with Crippen molar-refractivity contribution >= 4 is 11.9 Å². The molecule has 138 valence electrons. The van der Waals surface area contributed by atoms with Gasteiger partial charge in [-0.15, -0.1) is 0 Å². The molecule has 1 aliphatic heterocycles. The van der Waals surface area contributed by atoms with Gasteiger partial charge in [0.05, 0.1) is 12.6 Å². The van der Waals surface area contributed by atoms with Gasteiger partial charge < -0.3 is 14.7 Å². The third kappa shape index (κ3) is 5.18. The molecule has 1 saturated heterocycles. The lowest BCUT2D eigenvalue weighted by Crippen LogP contribution is -2.50. The van der Waals surface area contributed by atoms with Crippen LogP contribution in [0.3, 0.4) is 0 Å². The van der Waals surface area contributed by atoms with Crippen molar-refractivity contribution in [3.05, 3.63) is 0 Å². The fourth-order valence-electron chi connectivity index (χ4n) is 3.91. The van der Waals surface area contributed by atoms with Crippen LogP contribution in [0.5, 0.6) is 0 Å². The Kier molecular flexibility index (Phi) is 7.49. The minimum absolute atomic E-state index is 0.0808. The van der Waals surface area contributed by atoms with E-state index in [0.29, 0.717) is 13.1 Å². The third-order valence-corrected chi connectivity index (χ3v) is 5.34. The Morgan fingerprint density at radius 2 is 1.79 bits per heavy atom. The molecule has 1 atom stereocenters. The van der Waals surface area contributed by atoms with E-state index in [1.165, 1.54) is 12.8 Å². The van der Waals surface area contributed by atoms with Gasteiger partial charge in [0.2, 0.25) is 0 Å². The number of likely N-dealkylation sites (N-methyl/N-ethyl adjacent to an activating group) is 1. The Morgan fingerprint density at radius 1 is 1.17 bits per heavy atom. The first-order chi connectivity index (χ1) is 11.5. The van der Waals surface area contributed by atoms with Gasteiger partial charge in [-0.25, -0.2) is 0 Å². The van der Waals surface area contributed by atoms with Crippen LogP contribution in [-0.4, -0.2) is 71.2 Å². The predicted octanol–water partition coefficient (Wildman–Crippen LogP) is 2.12. The highest BCUT2D eigenvalue weighted by Gasteiger charge is 2.32. The van der Waals surface area contributed by atoms with Crippen LogP contribution in [0.15, 0.2) is 0 Å². The fraction of sp³-hybridized carbons (Fsp3) is 0.889. The van der Waals surface area contributed by atoms with Crippen molar-refractivity contribution in [2.45, 2.75) is 77.0 Å². The zero-order chi connectivity index (χ0) is 17.5. The molecule has 0 aromatic heterocycles. The molecule has 0 bridgehead atoms. The fourth-order valence-corrected chi connectivity index (χ4v) is 3.91. The maximum absolute atomic E-state index is 12.7. The standard InChI is InChI=1S/C18H32N2O4/c1-3-16(24-15-7-5-6-8-15)18(23)20-11-9-14(10-12-20)19(4-2)13-17(21)22/h14-16H,3-13H2,1-2H3,(H,21,22). The normalized spacial score (nSPS) is 21.4. The van der Waals surface area contributed by atoms with E-state index in [1.54, 1.807) is 0 Å². The quantitative estimate of drug-likeness (QED) is 0.733. The number of carboxylic acid groups (broad SMARTS) is 1. The summed E-state index contributed by atoms with van der Waals surface area (Å²) in [5, 5.41) is 9.00. The number of hydrogen-bond donors (Lipinski definition) is 1. The van der Waals surface area contributed by atoms with E-state index in [1.807, 2.05) is 23.6 Å². The highest BCUT2D eigenvalue weighted by molar-refractivity contribution is 5.81. The highest BCUT2D eigenvalue weighted by Crippen LogP contribution is 2.24. The molecular weight excluding hydrogens is 308 g/mol. The van der Waals surface area contributed by atoms with E-state index in [0.717, 1.165) is 38.6 Å². The maximum atomic E-state index is 12.7. The average molecular weight is 340 g/mol. The van der Waals surface area contributed by atoms with Gasteiger partial charge in [-0.2, -0.15) is 0 Å². The number of carbonyl (C=O) groups is 2. The Bertz CT molecular complexity index is 415. The van der Waals surface area contributed by atoms with Crippen LogP contribution in [-0.2, 0) is 14.3 Å². The molecule has 0 aromatic rings. The number of rotatable bonds is 8. The van der Waals surface area contributed by atoms with Crippen molar-refractivity contribution < 1.29 is 19.4 Å². The number of carbonyl (C=O) groups excluding carboxylic acids is 1. The van der Waals surface area contributed by atoms with Crippen molar-refractivity contribution in [1.29, 1.82) is 0 Å². The molecular formula is C18H32N2O4. The molecule has 1 unspecified atom stereocenters. The zero-order valence-electron chi connectivity index (χ0n) is 15.1. The van der Waals surface area contributed by atoms with Crippen LogP contribution >= 0.6 is 0 Å². The van der Waals surface area contributed by atoms with E-state index in [-0.39, 0.29) is 30.7 Å². The molecule has 2 fully saturated rings. The van der Waals surface area contributed by atoms with Crippen LogP contribution in [0.1, 0.15) is 58.8 Å². The van der Waals surface area contributed by atoms with Gasteiger partial charge in [0, 0.05) is 19.1 Å². The van der Waals surface area contributed by atoms with Crippen molar-refractivity contribution in [1.82, 2.24) is 9.80 Å². The molecule has 0 radical (unpaired) electrons. The highest BCUT2D eigenvalue weighted by atomic mass is 16.5. The largest absolute Gasteiger partial charge is 0.480 e. The van der Waals surface area contributed by atoms with Crippen LogP contribution in [0.2, 0.25) is 0 Å². The van der Waals surface area contributed by atoms with Crippen LogP contribution < -0.4 is 0 Å². The number of hydrogen-bond acceptors (Lipinski definition) is 4. The molecule has 0 spiro atoms. The minimum Gasteiger partial charge on any atom is -0.480 e. The summed E-state index contributed by atoms with van der Waals surface area (Å²) in [6.45, 7) is 6.21. The first-order valence-electron chi connectivity index (χ1n) is 9.45. The summed E-state index contributed by atoms with van der Waals surface area (Å²) in [6, 6.07) is 0.256. The number of likely N-dealkylation sites (tertiary alicyclic amines) is 1. The second kappa shape index (κ2) is 9.37. The smallest absolute Gasteiger partial charge is 0.317 e. The molecule has 1 aliphatic carbocycles.